The second-order valence-electron chi connectivity index (χ2n) is 0.283. The van der Waals surface area contributed by atoms with Crippen molar-refractivity contribution in [3.8, 4) is 0 Å². The number of carbonyl (C=O) groups is 1. The number of hydrogen-bond donors (Lipinski definition) is 2. The van der Waals surface area contributed by atoms with Crippen LogP contribution in [0.4, 0.5) is 4.79 Å². The summed E-state index contributed by atoms with van der Waals surface area (Å²) in [6.07, 6.45) is -1.83. The molecule has 0 amide bonds. The third-order valence-electron chi connectivity index (χ3n) is 0. The molecule has 0 aliphatic carbocycles. The zero-order valence-corrected chi connectivity index (χ0v) is 3.03. The summed E-state index contributed by atoms with van der Waals surface area (Å²) >= 11 is 0. The van der Waals surface area contributed by atoms with E-state index >= 15 is 0 Å². The predicted octanol–water partition coefficient (Wildman–Crippen LogP) is -1.19. The normalized spacial score (nSPS) is 3.43. The Bertz CT molecular complexity index is 37.9. The van der Waals surface area contributed by atoms with Crippen LogP contribution >= 0.6 is 12.4 Å². The molecule has 0 saturated heterocycles. The van der Waals surface area contributed by atoms with Gasteiger partial charge >= 0.3 is 74.7 Å². The zero-order chi connectivity index (χ0) is 3.58. The second kappa shape index (κ2) is 15.7. The van der Waals surface area contributed by atoms with Crippen molar-refractivity contribution >= 4 is 87.1 Å². The Kier molecular flexibility index (Phi) is 52.0. The maximum atomic E-state index is 8.56. The molecule has 0 saturated carbocycles. The van der Waals surface area contributed by atoms with Crippen LogP contribution in [0.2, 0.25) is 0 Å². The molecule has 0 aromatic rings. The van der Waals surface area contributed by atoms with Crippen molar-refractivity contribution in [3.05, 3.63) is 0 Å². The van der Waals surface area contributed by atoms with Crippen molar-refractivity contribution in [2.45, 2.75) is 0 Å². The van der Waals surface area contributed by atoms with E-state index in [1.54, 1.807) is 0 Å². The van der Waals surface area contributed by atoms with E-state index < -0.39 is 6.16 Å². The molecule has 2 N–H and O–H groups in total. The van der Waals surface area contributed by atoms with E-state index in [1.165, 1.54) is 0 Å². The molecule has 0 aromatic heterocycles. The molecular weight excluding hydrogens is 207 g/mol. The summed E-state index contributed by atoms with van der Waals surface area (Å²) in [4.78, 5) is 8.56. The van der Waals surface area contributed by atoms with Gasteiger partial charge in [0.15, 0.2) is 0 Å². The molecule has 0 heterocycles. The fraction of sp³-hybridized carbons (Fsp3) is 0. The Labute approximate surface area is 100 Å². The summed E-state index contributed by atoms with van der Waals surface area (Å²) in [6.45, 7) is 0. The first-order valence-electron chi connectivity index (χ1n) is 0.651. The van der Waals surface area contributed by atoms with Gasteiger partial charge in [-0.05, 0) is 0 Å². The minimum atomic E-state index is -1.83. The molecule has 0 aliphatic heterocycles. The van der Waals surface area contributed by atoms with Gasteiger partial charge in [-0.1, -0.05) is 0 Å². The Balaban J connectivity index is -0.0000000150. The number of rotatable bonds is 0. The molecule has 3 nitrogen and oxygen atoms in total. The van der Waals surface area contributed by atoms with Gasteiger partial charge in [-0.3, -0.25) is 0 Å². The monoisotopic (exact) mass is 214 g/mol. The van der Waals surface area contributed by atoms with Crippen LogP contribution in [0.5, 0.6) is 0 Å². The summed E-state index contributed by atoms with van der Waals surface area (Å²) in [5.41, 5.74) is 0. The van der Waals surface area contributed by atoms with Gasteiger partial charge in [-0.15, -0.1) is 12.4 Å². The van der Waals surface area contributed by atoms with Crippen molar-refractivity contribution in [1.29, 1.82) is 0 Å². The Morgan fingerprint density at radius 3 is 1.29 bits per heavy atom. The molecular formula is CH7ClMgO3Sr. The van der Waals surface area contributed by atoms with Gasteiger partial charge in [0.05, 0.1) is 0 Å². The van der Waals surface area contributed by atoms with Crippen LogP contribution < -0.4 is 0 Å². The zero-order valence-electron chi connectivity index (χ0n) is 2.21. The molecule has 0 aromatic carbocycles. The van der Waals surface area contributed by atoms with E-state index in [2.05, 4.69) is 0 Å². The molecule has 0 rings (SSSR count). The van der Waals surface area contributed by atoms with Gasteiger partial charge in [0.25, 0.3) is 0 Å². The van der Waals surface area contributed by atoms with Gasteiger partial charge < -0.3 is 10.2 Å². The van der Waals surface area contributed by atoms with Crippen molar-refractivity contribution < 1.29 is 15.0 Å². The fourth-order valence-corrected chi connectivity index (χ4v) is 0. The van der Waals surface area contributed by atoms with E-state index in [0.29, 0.717) is 0 Å². The van der Waals surface area contributed by atoms with Crippen LogP contribution in [-0.2, 0) is 0 Å². The van der Waals surface area contributed by atoms with Crippen molar-refractivity contribution in [3.63, 3.8) is 0 Å². The van der Waals surface area contributed by atoms with Gasteiger partial charge in [0.2, 0.25) is 0 Å². The van der Waals surface area contributed by atoms with E-state index in [9.17, 15) is 0 Å². The van der Waals surface area contributed by atoms with Gasteiger partial charge in [0, 0.05) is 0 Å². The summed E-state index contributed by atoms with van der Waals surface area (Å²) in [7, 11) is 0. The standard InChI is InChI=1S/CH2O3.ClH.Mg.Sr.4H/c2-1(3)4;;;;;;;/h(H2,2,3,4);1H;;;;;;. The van der Waals surface area contributed by atoms with Gasteiger partial charge in [-0.25, -0.2) is 4.79 Å². The van der Waals surface area contributed by atoms with E-state index in [-0.39, 0.29) is 80.9 Å². The summed E-state index contributed by atoms with van der Waals surface area (Å²) in [5, 5.41) is 13.9. The van der Waals surface area contributed by atoms with Crippen LogP contribution in [0.1, 0.15) is 0 Å². The van der Waals surface area contributed by atoms with Crippen molar-refractivity contribution in [2.24, 2.45) is 0 Å². The maximum absolute atomic E-state index is 8.56. The molecule has 0 radical (unpaired) electrons. The second-order valence-corrected chi connectivity index (χ2v) is 0.283. The quantitative estimate of drug-likeness (QED) is 0.499. The third-order valence-corrected chi connectivity index (χ3v) is 0. The molecule has 6 heteroatoms. The molecule has 40 valence electrons. The van der Waals surface area contributed by atoms with E-state index in [0.717, 1.165) is 0 Å². The number of halogens is 1. The van der Waals surface area contributed by atoms with Crippen LogP contribution in [0.3, 0.4) is 0 Å². The first-order valence-corrected chi connectivity index (χ1v) is 0.651. The first-order chi connectivity index (χ1) is 1.73. The average molecular weight is 214 g/mol. The molecule has 0 spiro atoms. The van der Waals surface area contributed by atoms with Crippen LogP contribution in [0, 0.1) is 0 Å². The molecule has 7 heavy (non-hydrogen) atoms. The minimum absolute atomic E-state index is 0. The summed E-state index contributed by atoms with van der Waals surface area (Å²) in [5.74, 6) is 0. The van der Waals surface area contributed by atoms with Gasteiger partial charge in [-0.2, -0.15) is 0 Å². The molecule has 0 unspecified atom stereocenters. The van der Waals surface area contributed by atoms with E-state index in [1.807, 2.05) is 0 Å². The number of hydrogen-bond acceptors (Lipinski definition) is 1. The molecule has 0 aliphatic rings. The van der Waals surface area contributed by atoms with Gasteiger partial charge in [0.1, 0.15) is 0 Å². The summed E-state index contributed by atoms with van der Waals surface area (Å²) < 4.78 is 0. The van der Waals surface area contributed by atoms with Crippen LogP contribution in [0.15, 0.2) is 0 Å². The van der Waals surface area contributed by atoms with Crippen molar-refractivity contribution in [2.75, 3.05) is 0 Å². The fourth-order valence-electron chi connectivity index (χ4n) is 0. The third kappa shape index (κ3) is 80.6. The van der Waals surface area contributed by atoms with Crippen molar-refractivity contribution in [1.82, 2.24) is 0 Å². The topological polar surface area (TPSA) is 57.5 Å². The Hall–Kier alpha value is 1.81. The SMILES string of the molecule is Cl.O=C(O)O.[MgH2].[SrH2]. The van der Waals surface area contributed by atoms with Crippen LogP contribution in [0.25, 0.3) is 0 Å². The molecule has 0 bridgehead atoms. The molecule has 0 fully saturated rings. The Morgan fingerprint density at radius 1 is 1.29 bits per heavy atom. The average Bonchev–Trinajstić information content (AvgIpc) is 0.811. The Morgan fingerprint density at radius 2 is 1.29 bits per heavy atom. The van der Waals surface area contributed by atoms with E-state index in [4.69, 9.17) is 15.0 Å². The first kappa shape index (κ1) is 23.2. The number of carboxylic acid groups (broad SMARTS) is 2. The predicted molar refractivity (Wildman–Crippen MR) is 35.0 cm³/mol. The summed E-state index contributed by atoms with van der Waals surface area (Å²) in [6, 6.07) is 0. The van der Waals surface area contributed by atoms with Crippen LogP contribution in [-0.4, -0.2) is 84.9 Å². The molecule has 0 atom stereocenters.